The maximum atomic E-state index is 12.5. The van der Waals surface area contributed by atoms with Crippen LogP contribution in [0.5, 0.6) is 0 Å². The van der Waals surface area contributed by atoms with Gasteiger partial charge in [0.15, 0.2) is 0 Å². The molecule has 27 heavy (non-hydrogen) atoms. The van der Waals surface area contributed by atoms with Crippen LogP contribution >= 0.6 is 12.4 Å². The summed E-state index contributed by atoms with van der Waals surface area (Å²) in [5.74, 6) is 0.120. The third-order valence-corrected chi connectivity index (χ3v) is 5.52. The maximum Gasteiger partial charge on any atom is 0.237 e. The second kappa shape index (κ2) is 8.87. The minimum Gasteiger partial charge on any atom is -0.381 e. The van der Waals surface area contributed by atoms with Gasteiger partial charge >= 0.3 is 0 Å². The molecule has 4 rings (SSSR count). The molecule has 1 aliphatic carbocycles. The van der Waals surface area contributed by atoms with Crippen LogP contribution in [0.1, 0.15) is 36.2 Å². The number of para-hydroxylation sites is 1. The topological polar surface area (TPSA) is 82.2 Å². The molecule has 6 nitrogen and oxygen atoms in total. The fraction of sp³-hybridized carbons (Fsp3) is 0.500. The van der Waals surface area contributed by atoms with Crippen molar-refractivity contribution >= 4 is 18.3 Å². The standard InChI is InChI=1S/C20H26N4O2.ClH/c21-19(14-9-11-26-12-10-14)20(25)22-13-17-16-7-4-8-18(16)24(23-17)15-5-2-1-3-6-15;/h1-3,5-6,14,19H,4,7-13,21H2,(H,22,25);1H. The van der Waals surface area contributed by atoms with E-state index in [0.29, 0.717) is 19.8 Å². The number of nitrogens with zero attached hydrogens (tertiary/aromatic N) is 2. The first kappa shape index (κ1) is 19.9. The van der Waals surface area contributed by atoms with Crippen LogP contribution in [-0.2, 0) is 28.9 Å². The molecule has 1 saturated heterocycles. The summed E-state index contributed by atoms with van der Waals surface area (Å²) >= 11 is 0. The van der Waals surface area contributed by atoms with E-state index in [0.717, 1.165) is 43.5 Å². The van der Waals surface area contributed by atoms with E-state index < -0.39 is 6.04 Å². The number of hydrogen-bond acceptors (Lipinski definition) is 4. The van der Waals surface area contributed by atoms with Gasteiger partial charge in [-0.2, -0.15) is 5.10 Å². The molecule has 1 aromatic carbocycles. The van der Waals surface area contributed by atoms with Gasteiger partial charge < -0.3 is 15.8 Å². The predicted octanol–water partition coefficient (Wildman–Crippen LogP) is 2.15. The number of aromatic nitrogens is 2. The van der Waals surface area contributed by atoms with Crippen LogP contribution in [0.2, 0.25) is 0 Å². The number of ether oxygens (including phenoxy) is 1. The number of carbonyl (C=O) groups excluding carboxylic acids is 1. The molecule has 0 saturated carbocycles. The first-order valence-corrected chi connectivity index (χ1v) is 9.50. The number of amides is 1. The summed E-state index contributed by atoms with van der Waals surface area (Å²) in [6, 6.07) is 9.71. The summed E-state index contributed by atoms with van der Waals surface area (Å²) in [6.45, 7) is 1.83. The van der Waals surface area contributed by atoms with E-state index in [9.17, 15) is 4.79 Å². The van der Waals surface area contributed by atoms with E-state index in [2.05, 4.69) is 17.4 Å². The van der Waals surface area contributed by atoms with Gasteiger partial charge in [-0.25, -0.2) is 4.68 Å². The van der Waals surface area contributed by atoms with Gasteiger partial charge in [0.1, 0.15) is 0 Å². The average molecular weight is 391 g/mol. The number of halogens is 1. The van der Waals surface area contributed by atoms with Gasteiger partial charge in [0.05, 0.1) is 24.0 Å². The number of rotatable bonds is 5. The lowest BCUT2D eigenvalue weighted by Crippen LogP contribution is -2.46. The highest BCUT2D eigenvalue weighted by atomic mass is 35.5. The molecule has 1 unspecified atom stereocenters. The highest BCUT2D eigenvalue weighted by molar-refractivity contribution is 5.85. The second-order valence-electron chi connectivity index (χ2n) is 7.17. The van der Waals surface area contributed by atoms with Crippen LogP contribution in [0.3, 0.4) is 0 Å². The van der Waals surface area contributed by atoms with E-state index in [1.807, 2.05) is 22.9 Å². The molecule has 0 radical (unpaired) electrons. The zero-order valence-corrected chi connectivity index (χ0v) is 16.2. The van der Waals surface area contributed by atoms with Crippen molar-refractivity contribution in [2.45, 2.75) is 44.7 Å². The molecule has 0 spiro atoms. The minimum absolute atomic E-state index is 0. The maximum absolute atomic E-state index is 12.5. The highest BCUT2D eigenvalue weighted by Gasteiger charge is 2.28. The van der Waals surface area contributed by atoms with Crippen LogP contribution in [0, 0.1) is 5.92 Å². The number of nitrogens with two attached hydrogens (primary N) is 1. The van der Waals surface area contributed by atoms with Gasteiger partial charge in [-0.3, -0.25) is 4.79 Å². The minimum atomic E-state index is -0.469. The highest BCUT2D eigenvalue weighted by Crippen LogP contribution is 2.27. The largest absolute Gasteiger partial charge is 0.381 e. The van der Waals surface area contributed by atoms with Crippen LogP contribution in [0.25, 0.3) is 5.69 Å². The molecule has 7 heteroatoms. The Balaban J connectivity index is 0.00000210. The quantitative estimate of drug-likeness (QED) is 0.819. The Hall–Kier alpha value is -1.89. The van der Waals surface area contributed by atoms with Gasteiger partial charge in [0, 0.05) is 18.9 Å². The van der Waals surface area contributed by atoms with Crippen molar-refractivity contribution in [3.8, 4) is 5.69 Å². The number of hydrogen-bond donors (Lipinski definition) is 2. The first-order valence-electron chi connectivity index (χ1n) is 9.50. The predicted molar refractivity (Wildman–Crippen MR) is 106 cm³/mol. The van der Waals surface area contributed by atoms with Crippen molar-refractivity contribution < 1.29 is 9.53 Å². The van der Waals surface area contributed by atoms with Gasteiger partial charge in [0.2, 0.25) is 5.91 Å². The van der Waals surface area contributed by atoms with Crippen LogP contribution in [-0.4, -0.2) is 34.9 Å². The van der Waals surface area contributed by atoms with Crippen LogP contribution in [0.4, 0.5) is 0 Å². The molecule has 2 aliphatic rings. The molecule has 1 atom stereocenters. The van der Waals surface area contributed by atoms with E-state index in [4.69, 9.17) is 15.6 Å². The Bertz CT molecular complexity index is 772. The number of nitrogens with one attached hydrogen (secondary N) is 1. The molecular weight excluding hydrogens is 364 g/mol. The summed E-state index contributed by atoms with van der Waals surface area (Å²) in [7, 11) is 0. The Kier molecular flexibility index (Phi) is 6.52. The Labute approximate surface area is 165 Å². The zero-order valence-electron chi connectivity index (χ0n) is 15.4. The molecule has 1 aromatic heterocycles. The second-order valence-corrected chi connectivity index (χ2v) is 7.17. The Morgan fingerprint density at radius 2 is 2.00 bits per heavy atom. The molecule has 1 aliphatic heterocycles. The first-order chi connectivity index (χ1) is 12.7. The summed E-state index contributed by atoms with van der Waals surface area (Å²) in [5.41, 5.74) is 10.8. The average Bonchev–Trinajstić information content (AvgIpc) is 3.30. The van der Waals surface area contributed by atoms with E-state index in [-0.39, 0.29) is 24.2 Å². The molecular formula is C20H27ClN4O2. The zero-order chi connectivity index (χ0) is 17.9. The summed E-state index contributed by atoms with van der Waals surface area (Å²) in [4.78, 5) is 12.5. The third kappa shape index (κ3) is 4.18. The van der Waals surface area contributed by atoms with Gasteiger partial charge in [0.25, 0.3) is 0 Å². The van der Waals surface area contributed by atoms with E-state index in [1.165, 1.54) is 11.3 Å². The van der Waals surface area contributed by atoms with Crippen molar-refractivity contribution in [3.63, 3.8) is 0 Å². The molecule has 1 fully saturated rings. The van der Waals surface area contributed by atoms with Gasteiger partial charge in [-0.05, 0) is 55.7 Å². The summed E-state index contributed by atoms with van der Waals surface area (Å²) < 4.78 is 7.38. The fourth-order valence-corrected chi connectivity index (χ4v) is 4.02. The van der Waals surface area contributed by atoms with Crippen molar-refractivity contribution in [3.05, 3.63) is 47.3 Å². The summed E-state index contributed by atoms with van der Waals surface area (Å²) in [6.07, 6.45) is 4.91. The molecule has 2 heterocycles. The van der Waals surface area contributed by atoms with Crippen molar-refractivity contribution in [2.75, 3.05) is 13.2 Å². The monoisotopic (exact) mass is 390 g/mol. The molecule has 1 amide bonds. The van der Waals surface area contributed by atoms with Crippen molar-refractivity contribution in [1.82, 2.24) is 15.1 Å². The number of carbonyl (C=O) groups is 1. The number of fused-ring (bicyclic) bond motifs is 1. The third-order valence-electron chi connectivity index (χ3n) is 5.52. The lowest BCUT2D eigenvalue weighted by Gasteiger charge is -2.26. The van der Waals surface area contributed by atoms with Crippen LogP contribution in [0.15, 0.2) is 30.3 Å². The molecule has 146 valence electrons. The smallest absolute Gasteiger partial charge is 0.237 e. The van der Waals surface area contributed by atoms with Gasteiger partial charge in [-0.15, -0.1) is 12.4 Å². The van der Waals surface area contributed by atoms with E-state index in [1.54, 1.807) is 0 Å². The van der Waals surface area contributed by atoms with Crippen LogP contribution < -0.4 is 11.1 Å². The van der Waals surface area contributed by atoms with Crippen molar-refractivity contribution in [1.29, 1.82) is 0 Å². The van der Waals surface area contributed by atoms with Gasteiger partial charge in [-0.1, -0.05) is 18.2 Å². The lowest BCUT2D eigenvalue weighted by atomic mass is 9.92. The Morgan fingerprint density at radius 3 is 2.74 bits per heavy atom. The summed E-state index contributed by atoms with van der Waals surface area (Å²) in [5, 5.41) is 7.80. The molecule has 3 N–H and O–H groups in total. The number of benzene rings is 1. The SMILES string of the molecule is Cl.NC(C(=O)NCc1nn(-c2ccccc2)c2c1CCC2)C1CCOCC1. The van der Waals surface area contributed by atoms with Crippen molar-refractivity contribution in [2.24, 2.45) is 11.7 Å². The fourth-order valence-electron chi connectivity index (χ4n) is 4.02. The lowest BCUT2D eigenvalue weighted by molar-refractivity contribution is -0.124. The van der Waals surface area contributed by atoms with E-state index >= 15 is 0 Å². The normalized spacial score (nSPS) is 17.8. The Morgan fingerprint density at radius 1 is 1.26 bits per heavy atom. The molecule has 2 aromatic rings. The molecule has 0 bridgehead atoms.